The fourth-order valence-corrected chi connectivity index (χ4v) is 2.39. The SMILES string of the molecule is CC1(C)CC1(CO)c1ccc(O)c(O)c1. The van der Waals surface area contributed by atoms with Gasteiger partial charge < -0.3 is 15.3 Å². The highest BCUT2D eigenvalue weighted by Gasteiger charge is 2.61. The standard InChI is InChI=1S/C12H16O3/c1-11(2)6-12(11,7-13)8-3-4-9(14)10(15)5-8/h3-5,13-15H,6-7H2,1-2H3. The zero-order valence-corrected chi connectivity index (χ0v) is 8.99. The Morgan fingerprint density at radius 1 is 1.20 bits per heavy atom. The lowest BCUT2D eigenvalue weighted by Gasteiger charge is -2.18. The van der Waals surface area contributed by atoms with E-state index in [0.29, 0.717) is 0 Å². The molecule has 1 atom stereocenters. The summed E-state index contributed by atoms with van der Waals surface area (Å²) in [6, 6.07) is 4.77. The highest BCUT2D eigenvalue weighted by Crippen LogP contribution is 2.64. The van der Waals surface area contributed by atoms with Gasteiger partial charge in [0, 0.05) is 5.41 Å². The molecular formula is C12H16O3. The minimum absolute atomic E-state index is 0.0607. The molecule has 3 heteroatoms. The Balaban J connectivity index is 2.42. The normalized spacial score (nSPS) is 27.7. The largest absolute Gasteiger partial charge is 0.504 e. The Bertz CT molecular complexity index is 398. The van der Waals surface area contributed by atoms with Gasteiger partial charge in [-0.15, -0.1) is 0 Å². The van der Waals surface area contributed by atoms with E-state index in [4.69, 9.17) is 0 Å². The van der Waals surface area contributed by atoms with Gasteiger partial charge >= 0.3 is 0 Å². The lowest BCUT2D eigenvalue weighted by molar-refractivity contribution is 0.231. The minimum Gasteiger partial charge on any atom is -0.504 e. The molecule has 0 saturated heterocycles. The first kappa shape index (κ1) is 10.3. The predicted molar refractivity (Wildman–Crippen MR) is 56.9 cm³/mol. The molecule has 1 aliphatic carbocycles. The third-order valence-electron chi connectivity index (χ3n) is 3.71. The van der Waals surface area contributed by atoms with Gasteiger partial charge in [-0.2, -0.15) is 0 Å². The van der Waals surface area contributed by atoms with Crippen LogP contribution in [0.15, 0.2) is 18.2 Å². The molecule has 0 aliphatic heterocycles. The number of hydrogen-bond donors (Lipinski definition) is 3. The number of aliphatic hydroxyl groups is 1. The van der Waals surface area contributed by atoms with Crippen molar-refractivity contribution in [3.05, 3.63) is 23.8 Å². The number of aliphatic hydroxyl groups excluding tert-OH is 1. The third kappa shape index (κ3) is 1.30. The van der Waals surface area contributed by atoms with Gasteiger partial charge in [0.1, 0.15) is 0 Å². The molecule has 1 aliphatic rings. The fraction of sp³-hybridized carbons (Fsp3) is 0.500. The molecule has 0 spiro atoms. The molecule has 0 bridgehead atoms. The van der Waals surface area contributed by atoms with E-state index in [-0.39, 0.29) is 28.9 Å². The Hall–Kier alpha value is -1.22. The van der Waals surface area contributed by atoms with Crippen LogP contribution in [0.3, 0.4) is 0 Å². The fourth-order valence-electron chi connectivity index (χ4n) is 2.39. The number of aromatic hydroxyl groups is 2. The molecule has 1 aromatic carbocycles. The van der Waals surface area contributed by atoms with E-state index in [1.165, 1.54) is 6.07 Å². The zero-order chi connectivity index (χ0) is 11.3. The monoisotopic (exact) mass is 208 g/mol. The first-order valence-electron chi connectivity index (χ1n) is 5.06. The van der Waals surface area contributed by atoms with Crippen molar-refractivity contribution >= 4 is 0 Å². The molecule has 0 amide bonds. The Morgan fingerprint density at radius 3 is 2.20 bits per heavy atom. The molecular weight excluding hydrogens is 192 g/mol. The second kappa shape index (κ2) is 2.89. The maximum Gasteiger partial charge on any atom is 0.157 e. The highest BCUT2D eigenvalue weighted by atomic mass is 16.3. The minimum atomic E-state index is -0.252. The Morgan fingerprint density at radius 2 is 1.80 bits per heavy atom. The highest BCUT2D eigenvalue weighted by molar-refractivity contribution is 5.47. The van der Waals surface area contributed by atoms with Crippen LogP contribution in [0.2, 0.25) is 0 Å². The number of hydrogen-bond acceptors (Lipinski definition) is 3. The predicted octanol–water partition coefficient (Wildman–Crippen LogP) is 1.76. The molecule has 2 rings (SSSR count). The molecule has 0 aromatic heterocycles. The van der Waals surface area contributed by atoms with Crippen LogP contribution >= 0.6 is 0 Å². The van der Waals surface area contributed by atoms with E-state index in [2.05, 4.69) is 13.8 Å². The first-order chi connectivity index (χ1) is 6.93. The lowest BCUT2D eigenvalue weighted by Crippen LogP contribution is -2.19. The van der Waals surface area contributed by atoms with Gasteiger partial charge in [0.25, 0.3) is 0 Å². The summed E-state index contributed by atoms with van der Waals surface area (Å²) in [4.78, 5) is 0. The van der Waals surface area contributed by atoms with Crippen LogP contribution < -0.4 is 0 Å². The van der Waals surface area contributed by atoms with Crippen LogP contribution in [0.1, 0.15) is 25.8 Å². The van der Waals surface area contributed by atoms with Crippen LogP contribution in [0.5, 0.6) is 11.5 Å². The van der Waals surface area contributed by atoms with E-state index >= 15 is 0 Å². The lowest BCUT2D eigenvalue weighted by atomic mass is 9.88. The van der Waals surface area contributed by atoms with Crippen molar-refractivity contribution in [1.29, 1.82) is 0 Å². The molecule has 15 heavy (non-hydrogen) atoms. The third-order valence-corrected chi connectivity index (χ3v) is 3.71. The molecule has 1 aromatic rings. The maximum atomic E-state index is 9.46. The van der Waals surface area contributed by atoms with Crippen molar-refractivity contribution < 1.29 is 15.3 Å². The Labute approximate surface area is 89.0 Å². The van der Waals surface area contributed by atoms with Crippen molar-refractivity contribution in [2.45, 2.75) is 25.7 Å². The molecule has 1 saturated carbocycles. The Kier molecular flexibility index (Phi) is 1.98. The first-order valence-corrected chi connectivity index (χ1v) is 5.06. The maximum absolute atomic E-state index is 9.46. The average molecular weight is 208 g/mol. The second-order valence-corrected chi connectivity index (χ2v) is 5.00. The summed E-state index contributed by atoms with van der Waals surface area (Å²) >= 11 is 0. The number of benzene rings is 1. The summed E-state index contributed by atoms with van der Waals surface area (Å²) in [5, 5.41) is 28.1. The summed E-state index contributed by atoms with van der Waals surface area (Å²) in [5.41, 5.74) is 0.703. The van der Waals surface area contributed by atoms with Gasteiger partial charge in [-0.3, -0.25) is 0 Å². The molecule has 0 heterocycles. The van der Waals surface area contributed by atoms with Crippen molar-refractivity contribution in [2.24, 2.45) is 5.41 Å². The number of rotatable bonds is 2. The quantitative estimate of drug-likeness (QED) is 0.649. The molecule has 3 N–H and O–H groups in total. The van der Waals surface area contributed by atoms with E-state index < -0.39 is 0 Å². The van der Waals surface area contributed by atoms with Gasteiger partial charge in [-0.05, 0) is 29.5 Å². The summed E-state index contributed by atoms with van der Waals surface area (Å²) < 4.78 is 0. The van der Waals surface area contributed by atoms with E-state index in [9.17, 15) is 15.3 Å². The number of phenolic OH excluding ortho intramolecular Hbond substituents is 2. The van der Waals surface area contributed by atoms with Crippen LogP contribution in [-0.2, 0) is 5.41 Å². The second-order valence-electron chi connectivity index (χ2n) is 5.00. The summed E-state index contributed by atoms with van der Waals surface area (Å²) in [7, 11) is 0. The van der Waals surface area contributed by atoms with Crippen molar-refractivity contribution in [3.8, 4) is 11.5 Å². The van der Waals surface area contributed by atoms with Gasteiger partial charge in [-0.1, -0.05) is 19.9 Å². The van der Waals surface area contributed by atoms with E-state index in [0.717, 1.165) is 12.0 Å². The van der Waals surface area contributed by atoms with Crippen molar-refractivity contribution in [3.63, 3.8) is 0 Å². The zero-order valence-electron chi connectivity index (χ0n) is 8.99. The van der Waals surface area contributed by atoms with E-state index in [1.54, 1.807) is 12.1 Å². The molecule has 1 unspecified atom stereocenters. The van der Waals surface area contributed by atoms with Crippen LogP contribution in [0.25, 0.3) is 0 Å². The average Bonchev–Trinajstić information content (AvgIpc) is 2.75. The van der Waals surface area contributed by atoms with Gasteiger partial charge in [0.2, 0.25) is 0 Å². The van der Waals surface area contributed by atoms with Crippen LogP contribution in [-0.4, -0.2) is 21.9 Å². The number of phenols is 2. The topological polar surface area (TPSA) is 60.7 Å². The molecule has 1 fully saturated rings. The molecule has 82 valence electrons. The van der Waals surface area contributed by atoms with Crippen molar-refractivity contribution in [1.82, 2.24) is 0 Å². The summed E-state index contributed by atoms with van der Waals surface area (Å²) in [5.74, 6) is -0.242. The van der Waals surface area contributed by atoms with Crippen LogP contribution in [0, 0.1) is 5.41 Å². The summed E-state index contributed by atoms with van der Waals surface area (Å²) in [6.45, 7) is 4.25. The van der Waals surface area contributed by atoms with E-state index in [1.807, 2.05) is 0 Å². The molecule has 3 nitrogen and oxygen atoms in total. The van der Waals surface area contributed by atoms with Gasteiger partial charge in [-0.25, -0.2) is 0 Å². The van der Waals surface area contributed by atoms with Gasteiger partial charge in [0.05, 0.1) is 6.61 Å². The molecule has 0 radical (unpaired) electrons. The van der Waals surface area contributed by atoms with Gasteiger partial charge in [0.15, 0.2) is 11.5 Å². The smallest absolute Gasteiger partial charge is 0.157 e. The summed E-state index contributed by atoms with van der Waals surface area (Å²) in [6.07, 6.45) is 0.903. The van der Waals surface area contributed by atoms with Crippen LogP contribution in [0.4, 0.5) is 0 Å². The van der Waals surface area contributed by atoms with Crippen molar-refractivity contribution in [2.75, 3.05) is 6.61 Å².